The van der Waals surface area contributed by atoms with Gasteiger partial charge in [-0.15, -0.1) is 16.9 Å². The van der Waals surface area contributed by atoms with Crippen LogP contribution >= 0.6 is 11.8 Å². The van der Waals surface area contributed by atoms with Gasteiger partial charge >= 0.3 is 0 Å². The van der Waals surface area contributed by atoms with Crippen molar-refractivity contribution >= 4 is 23.9 Å². The van der Waals surface area contributed by atoms with Crippen molar-refractivity contribution in [1.29, 1.82) is 5.41 Å². The second-order valence-corrected chi connectivity index (χ2v) is 5.79. The summed E-state index contributed by atoms with van der Waals surface area (Å²) in [7, 11) is 0. The third-order valence-corrected chi connectivity index (χ3v) is 4.28. The molecular weight excluding hydrogens is 301 g/mol. The summed E-state index contributed by atoms with van der Waals surface area (Å²) in [4.78, 5) is 4.97. The van der Waals surface area contributed by atoms with E-state index in [2.05, 4.69) is 15.4 Å². The van der Waals surface area contributed by atoms with Gasteiger partial charge in [0.2, 0.25) is 5.95 Å². The molecule has 1 aliphatic heterocycles. The number of rotatable bonds is 5. The third kappa shape index (κ3) is 2.76. The zero-order valence-corrected chi connectivity index (χ0v) is 12.8. The fraction of sp³-hybridized carbons (Fsp3) is 0.267. The Balaban J connectivity index is 1.87. The summed E-state index contributed by atoms with van der Waals surface area (Å²) in [5, 5.41) is 14.5. The zero-order chi connectivity index (χ0) is 15.5. The molecule has 2 unspecified atom stereocenters. The first kappa shape index (κ1) is 14.8. The summed E-state index contributed by atoms with van der Waals surface area (Å²) in [6.45, 7) is 0. The Labute approximate surface area is 132 Å². The highest BCUT2D eigenvalue weighted by Gasteiger charge is 2.35. The van der Waals surface area contributed by atoms with Gasteiger partial charge in [0.05, 0.1) is 6.04 Å². The first-order chi connectivity index (χ1) is 10.7. The van der Waals surface area contributed by atoms with Crippen LogP contribution in [0.3, 0.4) is 0 Å². The molecule has 2 atom stereocenters. The maximum absolute atomic E-state index is 14.2. The number of anilines is 1. The quantitative estimate of drug-likeness (QED) is 0.828. The molecule has 5 nitrogen and oxygen atoms in total. The van der Waals surface area contributed by atoms with Crippen LogP contribution in [0.4, 0.5) is 10.3 Å². The lowest BCUT2D eigenvalue weighted by Gasteiger charge is -2.11. The van der Waals surface area contributed by atoms with E-state index in [9.17, 15) is 4.39 Å². The Morgan fingerprint density at radius 2 is 2.23 bits per heavy atom. The lowest BCUT2D eigenvalue weighted by Crippen LogP contribution is -2.07. The molecule has 0 saturated carbocycles. The van der Waals surface area contributed by atoms with Gasteiger partial charge < -0.3 is 10.7 Å². The molecule has 0 amide bonds. The largest absolute Gasteiger partial charge is 0.328 e. The zero-order valence-electron chi connectivity index (χ0n) is 12.0. The molecule has 1 aliphatic rings. The number of nitrogens with one attached hydrogen (secondary N) is 2. The standard InChI is InChI=1S/C15H16FN5S/c1-22-11(8-17)9-18-15-19-14-12(16)7-13(21(14)20-15)10-5-3-2-4-6-10/h2-6,8-9,12-13,17H,7H2,1H3,(H,18,20)/b11-9+,17-8?. The monoisotopic (exact) mass is 317 g/mol. The summed E-state index contributed by atoms with van der Waals surface area (Å²) in [6, 6.07) is 9.64. The van der Waals surface area contributed by atoms with Crippen LogP contribution in [0.2, 0.25) is 0 Å². The van der Waals surface area contributed by atoms with E-state index in [4.69, 9.17) is 5.41 Å². The van der Waals surface area contributed by atoms with E-state index >= 15 is 0 Å². The SMILES string of the molecule is CS/C(C=N)=C/Nc1nc2n(n1)C(c1ccccc1)CC2F. The van der Waals surface area contributed by atoms with E-state index in [0.717, 1.165) is 10.5 Å². The molecule has 1 aromatic carbocycles. The number of thioether (sulfide) groups is 1. The van der Waals surface area contributed by atoms with Crippen LogP contribution in [0.5, 0.6) is 0 Å². The summed E-state index contributed by atoms with van der Waals surface area (Å²) < 4.78 is 15.8. The van der Waals surface area contributed by atoms with Gasteiger partial charge in [0.15, 0.2) is 12.0 Å². The van der Waals surface area contributed by atoms with Crippen LogP contribution in [0.15, 0.2) is 41.4 Å². The molecule has 0 radical (unpaired) electrons. The molecule has 2 heterocycles. The van der Waals surface area contributed by atoms with E-state index in [1.165, 1.54) is 18.0 Å². The molecule has 0 fully saturated rings. The van der Waals surface area contributed by atoms with Crippen LogP contribution in [-0.4, -0.2) is 27.2 Å². The van der Waals surface area contributed by atoms with E-state index in [1.807, 2.05) is 36.6 Å². The molecule has 2 aromatic rings. The number of fused-ring (bicyclic) bond motifs is 1. The van der Waals surface area contributed by atoms with Gasteiger partial charge in [0, 0.05) is 23.7 Å². The number of aromatic nitrogens is 3. The van der Waals surface area contributed by atoms with Crippen LogP contribution in [0, 0.1) is 5.41 Å². The Kier molecular flexibility index (Phi) is 4.24. The molecule has 22 heavy (non-hydrogen) atoms. The second-order valence-electron chi connectivity index (χ2n) is 4.91. The average molecular weight is 317 g/mol. The highest BCUT2D eigenvalue weighted by molar-refractivity contribution is 8.03. The van der Waals surface area contributed by atoms with E-state index in [0.29, 0.717) is 18.2 Å². The van der Waals surface area contributed by atoms with Gasteiger partial charge in [0.25, 0.3) is 0 Å². The Bertz CT molecular complexity index is 697. The Hall–Kier alpha value is -2.15. The first-order valence-electron chi connectivity index (χ1n) is 6.89. The second kappa shape index (κ2) is 6.31. The fourth-order valence-corrected chi connectivity index (χ4v) is 2.78. The Morgan fingerprint density at radius 1 is 1.45 bits per heavy atom. The minimum absolute atomic E-state index is 0.124. The highest BCUT2D eigenvalue weighted by atomic mass is 32.2. The third-order valence-electron chi connectivity index (χ3n) is 3.57. The predicted molar refractivity (Wildman–Crippen MR) is 87.1 cm³/mol. The van der Waals surface area contributed by atoms with Crippen molar-refractivity contribution in [3.63, 3.8) is 0 Å². The van der Waals surface area contributed by atoms with Gasteiger partial charge in [-0.05, 0) is 11.8 Å². The van der Waals surface area contributed by atoms with Crippen molar-refractivity contribution < 1.29 is 4.39 Å². The average Bonchev–Trinajstić information content (AvgIpc) is 3.10. The van der Waals surface area contributed by atoms with Gasteiger partial charge in [-0.3, -0.25) is 0 Å². The van der Waals surface area contributed by atoms with E-state index in [-0.39, 0.29) is 6.04 Å². The molecule has 0 aliphatic carbocycles. The molecule has 7 heteroatoms. The van der Waals surface area contributed by atoms with Crippen molar-refractivity contribution in [2.75, 3.05) is 11.6 Å². The lowest BCUT2D eigenvalue weighted by molar-refractivity contribution is 0.329. The van der Waals surface area contributed by atoms with Gasteiger partial charge in [-0.1, -0.05) is 30.3 Å². The molecule has 114 valence electrons. The molecule has 0 bridgehead atoms. The summed E-state index contributed by atoms with van der Waals surface area (Å²) in [5.41, 5.74) is 1.03. The number of allylic oxidation sites excluding steroid dienone is 1. The van der Waals surface area contributed by atoms with Gasteiger partial charge in [0.1, 0.15) is 0 Å². The lowest BCUT2D eigenvalue weighted by atomic mass is 10.0. The van der Waals surface area contributed by atoms with Crippen LogP contribution < -0.4 is 5.32 Å². The molecule has 1 aromatic heterocycles. The van der Waals surface area contributed by atoms with Crippen molar-refractivity contribution in [3.8, 4) is 0 Å². The maximum Gasteiger partial charge on any atom is 0.246 e. The molecule has 0 saturated heterocycles. The van der Waals surface area contributed by atoms with Crippen molar-refractivity contribution in [2.24, 2.45) is 0 Å². The van der Waals surface area contributed by atoms with Gasteiger partial charge in [-0.25, -0.2) is 9.07 Å². The number of nitrogens with zero attached hydrogens (tertiary/aromatic N) is 3. The highest BCUT2D eigenvalue weighted by Crippen LogP contribution is 2.39. The molecule has 2 N–H and O–H groups in total. The van der Waals surface area contributed by atoms with E-state index < -0.39 is 6.17 Å². The summed E-state index contributed by atoms with van der Waals surface area (Å²) in [6.07, 6.45) is 4.02. The van der Waals surface area contributed by atoms with Crippen molar-refractivity contribution in [2.45, 2.75) is 18.6 Å². The minimum Gasteiger partial charge on any atom is -0.328 e. The molecular formula is C15H16FN5S. The number of benzene rings is 1. The fourth-order valence-electron chi connectivity index (χ4n) is 2.49. The van der Waals surface area contributed by atoms with Crippen molar-refractivity contribution in [3.05, 3.63) is 52.8 Å². The predicted octanol–water partition coefficient (Wildman–Crippen LogP) is 3.55. The van der Waals surface area contributed by atoms with Crippen LogP contribution in [0.25, 0.3) is 0 Å². The van der Waals surface area contributed by atoms with Crippen LogP contribution in [-0.2, 0) is 0 Å². The van der Waals surface area contributed by atoms with E-state index in [1.54, 1.807) is 10.9 Å². The van der Waals surface area contributed by atoms with Crippen molar-refractivity contribution in [1.82, 2.24) is 14.8 Å². The minimum atomic E-state index is -1.11. The number of hydrogen-bond acceptors (Lipinski definition) is 5. The normalized spacial score (nSPS) is 20.7. The molecule has 3 rings (SSSR count). The summed E-state index contributed by atoms with van der Waals surface area (Å²) >= 11 is 1.44. The maximum atomic E-state index is 14.2. The number of alkyl halides is 1. The first-order valence-corrected chi connectivity index (χ1v) is 8.12. The van der Waals surface area contributed by atoms with Crippen LogP contribution in [0.1, 0.15) is 30.0 Å². The topological polar surface area (TPSA) is 66.6 Å². The Morgan fingerprint density at radius 3 is 2.91 bits per heavy atom. The number of hydrogen-bond donors (Lipinski definition) is 2. The van der Waals surface area contributed by atoms with Gasteiger partial charge in [-0.2, -0.15) is 4.98 Å². The summed E-state index contributed by atoms with van der Waals surface area (Å²) in [5.74, 6) is 0.706. The number of halogens is 1. The smallest absolute Gasteiger partial charge is 0.246 e. The molecule has 0 spiro atoms.